The predicted octanol–water partition coefficient (Wildman–Crippen LogP) is 3.08. The molecule has 27 heavy (non-hydrogen) atoms. The Kier molecular flexibility index (Phi) is 5.08. The first kappa shape index (κ1) is 18.8. The van der Waals surface area contributed by atoms with Gasteiger partial charge in [-0.2, -0.15) is 5.10 Å². The quantitative estimate of drug-likeness (QED) is 0.393. The van der Waals surface area contributed by atoms with Crippen LogP contribution in [0.3, 0.4) is 0 Å². The van der Waals surface area contributed by atoms with Gasteiger partial charge in [0.05, 0.1) is 16.4 Å². The normalized spacial score (nSPS) is 11.0. The number of Topliss-reactive ketones (excluding diaryl/α,β-unsaturated/α-hetero) is 1. The van der Waals surface area contributed by atoms with Crippen LogP contribution in [-0.2, 0) is 11.8 Å². The molecule has 0 bridgehead atoms. The highest BCUT2D eigenvalue weighted by atomic mass is 32.2. The van der Waals surface area contributed by atoms with Crippen molar-refractivity contribution in [2.24, 2.45) is 7.05 Å². The molecule has 9 nitrogen and oxygen atoms in total. The Hall–Kier alpha value is -3.01. The SMILES string of the molecule is CC(=O)CSc1nnc(-c2cc(-c3c(C)nn(C)c3C)cc([N+](=O)[O-])c2)[nH]1. The summed E-state index contributed by atoms with van der Waals surface area (Å²) in [5.74, 6) is 0.714. The summed E-state index contributed by atoms with van der Waals surface area (Å²) in [6.45, 7) is 5.28. The molecule has 0 radical (unpaired) electrons. The highest BCUT2D eigenvalue weighted by Crippen LogP contribution is 2.33. The van der Waals surface area contributed by atoms with Gasteiger partial charge in [0.1, 0.15) is 5.78 Å². The Morgan fingerprint density at radius 1 is 1.26 bits per heavy atom. The van der Waals surface area contributed by atoms with Crippen molar-refractivity contribution in [3.63, 3.8) is 0 Å². The molecule has 0 spiro atoms. The van der Waals surface area contributed by atoms with Gasteiger partial charge in [0.25, 0.3) is 5.69 Å². The van der Waals surface area contributed by atoms with Crippen molar-refractivity contribution in [2.45, 2.75) is 25.9 Å². The van der Waals surface area contributed by atoms with Crippen molar-refractivity contribution >= 4 is 23.2 Å². The fraction of sp³-hybridized carbons (Fsp3) is 0.294. The van der Waals surface area contributed by atoms with Gasteiger partial charge in [-0.05, 0) is 32.4 Å². The minimum Gasteiger partial charge on any atom is -0.316 e. The maximum atomic E-state index is 11.4. The second kappa shape index (κ2) is 7.31. The zero-order valence-corrected chi connectivity index (χ0v) is 16.1. The lowest BCUT2D eigenvalue weighted by atomic mass is 10.00. The van der Waals surface area contributed by atoms with E-state index in [9.17, 15) is 14.9 Å². The molecule has 2 aromatic heterocycles. The fourth-order valence-corrected chi connectivity index (χ4v) is 3.41. The van der Waals surface area contributed by atoms with Gasteiger partial charge in [-0.25, -0.2) is 0 Å². The lowest BCUT2D eigenvalue weighted by Gasteiger charge is -2.05. The summed E-state index contributed by atoms with van der Waals surface area (Å²) in [6, 6.07) is 4.80. The maximum Gasteiger partial charge on any atom is 0.270 e. The number of hydrogen-bond acceptors (Lipinski definition) is 7. The molecule has 1 aromatic carbocycles. The number of hydrogen-bond donors (Lipinski definition) is 1. The standard InChI is InChI=1S/C17H18N6O3S/c1-9(24)8-27-17-18-16(19-20-17)13-5-12(6-14(7-13)23(25)26)15-10(2)21-22(4)11(15)3/h5-7H,8H2,1-4H3,(H,18,19,20). The lowest BCUT2D eigenvalue weighted by molar-refractivity contribution is -0.384. The number of benzene rings is 1. The molecule has 0 atom stereocenters. The van der Waals surface area contributed by atoms with E-state index in [-0.39, 0.29) is 17.2 Å². The van der Waals surface area contributed by atoms with Crippen molar-refractivity contribution in [1.29, 1.82) is 0 Å². The zero-order chi connectivity index (χ0) is 19.7. The van der Waals surface area contributed by atoms with Crippen LogP contribution >= 0.6 is 11.8 Å². The van der Waals surface area contributed by atoms with Crippen LogP contribution in [-0.4, -0.2) is 41.4 Å². The van der Waals surface area contributed by atoms with Crippen molar-refractivity contribution in [1.82, 2.24) is 25.0 Å². The van der Waals surface area contributed by atoms with Gasteiger partial charge in [-0.15, -0.1) is 10.2 Å². The lowest BCUT2D eigenvalue weighted by Crippen LogP contribution is -1.94. The molecule has 0 aliphatic rings. The van der Waals surface area contributed by atoms with Gasteiger partial charge in [0, 0.05) is 36.0 Å². The summed E-state index contributed by atoms with van der Waals surface area (Å²) in [7, 11) is 1.83. The molecule has 140 valence electrons. The molecule has 0 saturated heterocycles. The van der Waals surface area contributed by atoms with E-state index in [1.54, 1.807) is 4.68 Å². The van der Waals surface area contributed by atoms with Gasteiger partial charge in [0.15, 0.2) is 11.0 Å². The van der Waals surface area contributed by atoms with Crippen molar-refractivity contribution < 1.29 is 9.72 Å². The van der Waals surface area contributed by atoms with Crippen LogP contribution in [0.4, 0.5) is 5.69 Å². The molecular formula is C17H18N6O3S. The third-order valence-electron chi connectivity index (χ3n) is 4.08. The molecule has 0 unspecified atom stereocenters. The molecular weight excluding hydrogens is 368 g/mol. The number of nitro benzene ring substituents is 1. The first-order valence-electron chi connectivity index (χ1n) is 8.11. The maximum absolute atomic E-state index is 11.4. The number of H-pyrrole nitrogens is 1. The van der Waals surface area contributed by atoms with Crippen LogP contribution in [0.15, 0.2) is 23.4 Å². The molecule has 2 heterocycles. The summed E-state index contributed by atoms with van der Waals surface area (Å²) in [5, 5.41) is 24.4. The fourth-order valence-electron chi connectivity index (χ4n) is 2.80. The number of thioether (sulfide) groups is 1. The van der Waals surface area contributed by atoms with Crippen molar-refractivity contribution in [3.05, 3.63) is 39.7 Å². The van der Waals surface area contributed by atoms with E-state index in [1.165, 1.54) is 30.8 Å². The Bertz CT molecular complexity index is 1040. The Morgan fingerprint density at radius 3 is 2.56 bits per heavy atom. The molecule has 0 fully saturated rings. The molecule has 0 saturated carbocycles. The van der Waals surface area contributed by atoms with E-state index in [4.69, 9.17) is 0 Å². The Labute approximate surface area is 159 Å². The first-order valence-corrected chi connectivity index (χ1v) is 9.10. The number of aryl methyl sites for hydroxylation is 2. The summed E-state index contributed by atoms with van der Waals surface area (Å²) in [4.78, 5) is 25.1. The second-order valence-electron chi connectivity index (χ2n) is 6.16. The van der Waals surface area contributed by atoms with Gasteiger partial charge in [-0.3, -0.25) is 19.6 Å². The van der Waals surface area contributed by atoms with Crippen LogP contribution in [0.25, 0.3) is 22.5 Å². The third kappa shape index (κ3) is 3.90. The predicted molar refractivity (Wildman–Crippen MR) is 102 cm³/mol. The topological polar surface area (TPSA) is 120 Å². The summed E-state index contributed by atoms with van der Waals surface area (Å²) in [6.07, 6.45) is 0. The van der Waals surface area contributed by atoms with Gasteiger partial charge >= 0.3 is 0 Å². The highest BCUT2D eigenvalue weighted by molar-refractivity contribution is 7.99. The minimum atomic E-state index is -0.435. The molecule has 3 rings (SSSR count). The van der Waals surface area contributed by atoms with Crippen LogP contribution < -0.4 is 0 Å². The average Bonchev–Trinajstić information content (AvgIpc) is 3.17. The third-order valence-corrected chi connectivity index (χ3v) is 5.09. The number of ketones is 1. The Morgan fingerprint density at radius 2 is 1.96 bits per heavy atom. The minimum absolute atomic E-state index is 0.0260. The number of carbonyl (C=O) groups is 1. The molecule has 1 N–H and O–H groups in total. The number of non-ortho nitro benzene ring substituents is 1. The molecule has 0 amide bonds. The monoisotopic (exact) mass is 386 g/mol. The van der Waals surface area contributed by atoms with Crippen molar-refractivity contribution in [2.75, 3.05) is 5.75 Å². The average molecular weight is 386 g/mol. The molecule has 0 aliphatic heterocycles. The van der Waals surface area contributed by atoms with E-state index in [0.29, 0.717) is 22.1 Å². The van der Waals surface area contributed by atoms with E-state index >= 15 is 0 Å². The van der Waals surface area contributed by atoms with Crippen LogP contribution in [0.5, 0.6) is 0 Å². The Balaban J connectivity index is 2.07. The first-order chi connectivity index (χ1) is 12.8. The number of rotatable bonds is 6. The molecule has 0 aliphatic carbocycles. The smallest absolute Gasteiger partial charge is 0.270 e. The van der Waals surface area contributed by atoms with Gasteiger partial charge in [-0.1, -0.05) is 11.8 Å². The van der Waals surface area contributed by atoms with E-state index < -0.39 is 4.92 Å². The van der Waals surface area contributed by atoms with E-state index in [1.807, 2.05) is 27.0 Å². The summed E-state index contributed by atoms with van der Waals surface area (Å²) >= 11 is 1.24. The van der Waals surface area contributed by atoms with Crippen molar-refractivity contribution in [3.8, 4) is 22.5 Å². The summed E-state index contributed by atoms with van der Waals surface area (Å²) < 4.78 is 1.74. The second-order valence-corrected chi connectivity index (χ2v) is 7.13. The van der Waals surface area contributed by atoms with E-state index in [2.05, 4.69) is 20.3 Å². The van der Waals surface area contributed by atoms with E-state index in [0.717, 1.165) is 17.0 Å². The highest BCUT2D eigenvalue weighted by Gasteiger charge is 2.19. The molecule has 3 aromatic rings. The largest absolute Gasteiger partial charge is 0.316 e. The zero-order valence-electron chi connectivity index (χ0n) is 15.3. The summed E-state index contributed by atoms with van der Waals surface area (Å²) in [5.41, 5.74) is 3.75. The number of nitrogens with one attached hydrogen (secondary N) is 1. The number of nitro groups is 1. The number of aromatic amines is 1. The van der Waals surface area contributed by atoms with Gasteiger partial charge in [0.2, 0.25) is 0 Å². The van der Waals surface area contributed by atoms with Crippen LogP contribution in [0.2, 0.25) is 0 Å². The van der Waals surface area contributed by atoms with Crippen LogP contribution in [0.1, 0.15) is 18.3 Å². The number of carbonyl (C=O) groups excluding carboxylic acids is 1. The van der Waals surface area contributed by atoms with Crippen LogP contribution in [0, 0.1) is 24.0 Å². The number of aromatic nitrogens is 5. The molecule has 10 heteroatoms. The van der Waals surface area contributed by atoms with Gasteiger partial charge < -0.3 is 4.98 Å². The number of nitrogens with zero attached hydrogens (tertiary/aromatic N) is 5.